The van der Waals surface area contributed by atoms with Gasteiger partial charge in [0, 0.05) is 25.6 Å². The number of hydrogen-bond donors (Lipinski definition) is 1. The van der Waals surface area contributed by atoms with E-state index in [1.54, 1.807) is 25.1 Å². The molecule has 2 aromatic rings. The highest BCUT2D eigenvalue weighted by Gasteiger charge is 2.38. The number of aliphatic hydroxyl groups excluding tert-OH is 1. The van der Waals surface area contributed by atoms with Crippen molar-refractivity contribution in [2.75, 3.05) is 14.2 Å². The molecule has 1 aliphatic rings. The summed E-state index contributed by atoms with van der Waals surface area (Å²) in [6.07, 6.45) is 0.444. The normalized spacial score (nSPS) is 22.7. The monoisotopic (exact) mass is 358 g/mol. The molecule has 3 atom stereocenters. The van der Waals surface area contributed by atoms with Crippen molar-refractivity contribution in [3.63, 3.8) is 0 Å². The molecule has 1 saturated carbocycles. The number of amides is 1. The van der Waals surface area contributed by atoms with Crippen LogP contribution in [0, 0.1) is 13.8 Å². The van der Waals surface area contributed by atoms with E-state index in [9.17, 15) is 14.7 Å². The van der Waals surface area contributed by atoms with Gasteiger partial charge >= 0.3 is 0 Å². The van der Waals surface area contributed by atoms with Crippen LogP contribution in [0.2, 0.25) is 0 Å². The van der Waals surface area contributed by atoms with Crippen LogP contribution in [0.25, 0.3) is 10.9 Å². The van der Waals surface area contributed by atoms with Gasteiger partial charge in [0.15, 0.2) is 0 Å². The Kier molecular flexibility index (Phi) is 5.16. The Labute approximate surface area is 153 Å². The van der Waals surface area contributed by atoms with E-state index in [4.69, 9.17) is 4.74 Å². The molecule has 1 aromatic carbocycles. The topological polar surface area (TPSA) is 71.8 Å². The number of fused-ring (bicyclic) bond motifs is 1. The summed E-state index contributed by atoms with van der Waals surface area (Å²) in [7, 11) is 3.25. The smallest absolute Gasteiger partial charge is 0.251 e. The molecular formula is C20H26N2O4. The molecule has 0 bridgehead atoms. The average Bonchev–Trinajstić information content (AvgIpc) is 2.98. The maximum atomic E-state index is 12.8. The van der Waals surface area contributed by atoms with E-state index in [1.807, 2.05) is 32.0 Å². The fourth-order valence-electron chi connectivity index (χ4n) is 3.98. The van der Waals surface area contributed by atoms with E-state index in [0.29, 0.717) is 12.8 Å². The minimum absolute atomic E-state index is 0.0438. The molecule has 0 radical (unpaired) electrons. The van der Waals surface area contributed by atoms with Crippen LogP contribution < -0.4 is 5.56 Å². The molecule has 6 heteroatoms. The second-order valence-corrected chi connectivity index (χ2v) is 7.14. The average molecular weight is 358 g/mol. The highest BCUT2D eigenvalue weighted by molar-refractivity contribution is 5.87. The van der Waals surface area contributed by atoms with Crippen LogP contribution in [0.5, 0.6) is 0 Å². The Morgan fingerprint density at radius 1 is 1.31 bits per heavy atom. The van der Waals surface area contributed by atoms with Gasteiger partial charge in [-0.25, -0.2) is 0 Å². The van der Waals surface area contributed by atoms with Crippen molar-refractivity contribution >= 4 is 16.8 Å². The maximum absolute atomic E-state index is 12.8. The second kappa shape index (κ2) is 7.21. The van der Waals surface area contributed by atoms with Gasteiger partial charge in [0.1, 0.15) is 12.6 Å². The Hall–Kier alpha value is -2.18. The molecule has 1 aromatic heterocycles. The number of aromatic nitrogens is 1. The number of nitrogens with zero attached hydrogens (tertiary/aromatic N) is 2. The van der Waals surface area contributed by atoms with Crippen LogP contribution in [-0.4, -0.2) is 52.9 Å². The number of pyridine rings is 1. The number of ether oxygens (including phenoxy) is 1. The molecule has 3 rings (SSSR count). The van der Waals surface area contributed by atoms with Crippen LogP contribution in [0.15, 0.2) is 29.1 Å². The van der Waals surface area contributed by atoms with Gasteiger partial charge in [-0.3, -0.25) is 14.2 Å². The van der Waals surface area contributed by atoms with E-state index in [-0.39, 0.29) is 30.2 Å². The predicted molar refractivity (Wildman–Crippen MR) is 100 cm³/mol. The van der Waals surface area contributed by atoms with Gasteiger partial charge in [0.2, 0.25) is 5.91 Å². The van der Waals surface area contributed by atoms with Gasteiger partial charge in [-0.2, -0.15) is 0 Å². The number of benzene rings is 1. The van der Waals surface area contributed by atoms with Crippen LogP contribution in [0.3, 0.4) is 0 Å². The largest absolute Gasteiger partial charge is 0.388 e. The van der Waals surface area contributed by atoms with Crippen molar-refractivity contribution < 1.29 is 14.6 Å². The lowest BCUT2D eigenvalue weighted by molar-refractivity contribution is -0.135. The number of para-hydroxylation sites is 1. The number of methoxy groups -OCH3 is 1. The van der Waals surface area contributed by atoms with Gasteiger partial charge in [-0.05, 0) is 37.8 Å². The lowest BCUT2D eigenvalue weighted by atomic mass is 10.1. The Morgan fingerprint density at radius 2 is 2.04 bits per heavy atom. The fraction of sp³-hybridized carbons (Fsp3) is 0.500. The second-order valence-electron chi connectivity index (χ2n) is 7.14. The van der Waals surface area contributed by atoms with Crippen LogP contribution in [0.4, 0.5) is 0 Å². The summed E-state index contributed by atoms with van der Waals surface area (Å²) in [5.74, 6) is -0.193. The number of aryl methyl sites for hydroxylation is 2. The first kappa shape index (κ1) is 18.6. The Bertz CT molecular complexity index is 889. The third-order valence-electron chi connectivity index (χ3n) is 5.55. The molecule has 0 unspecified atom stereocenters. The SMILES string of the molecule is CO[C@@H]1CC[C@@H](N(C)C(=O)Cn2c(=O)cc(C)c3cccc(C)c32)[C@H]1O. The number of aliphatic hydroxyl groups is 1. The summed E-state index contributed by atoms with van der Waals surface area (Å²) in [5, 5.41) is 11.3. The van der Waals surface area contributed by atoms with Crippen LogP contribution in [-0.2, 0) is 16.1 Å². The Balaban J connectivity index is 1.92. The van der Waals surface area contributed by atoms with Crippen LogP contribution in [0.1, 0.15) is 24.0 Å². The zero-order chi connectivity index (χ0) is 19.0. The van der Waals surface area contributed by atoms with Crippen molar-refractivity contribution in [1.82, 2.24) is 9.47 Å². The van der Waals surface area contributed by atoms with E-state index in [1.165, 1.54) is 4.57 Å². The quantitative estimate of drug-likeness (QED) is 0.901. The minimum Gasteiger partial charge on any atom is -0.388 e. The van der Waals surface area contributed by atoms with Crippen molar-refractivity contribution in [1.29, 1.82) is 0 Å². The molecule has 6 nitrogen and oxygen atoms in total. The standard InChI is InChI=1S/C20H26N2O4/c1-12-6-5-7-14-13(2)10-17(23)22(19(12)14)11-18(24)21(3)15-8-9-16(26-4)20(15)25/h5-7,10,15-16,20,25H,8-9,11H2,1-4H3/t15-,16-,20-/m1/s1. The summed E-state index contributed by atoms with van der Waals surface area (Å²) in [6.45, 7) is 3.80. The zero-order valence-corrected chi connectivity index (χ0v) is 15.7. The van der Waals surface area contributed by atoms with Crippen molar-refractivity contribution in [2.24, 2.45) is 0 Å². The van der Waals surface area contributed by atoms with Crippen molar-refractivity contribution in [3.05, 3.63) is 45.7 Å². The van der Waals surface area contributed by atoms with E-state index >= 15 is 0 Å². The highest BCUT2D eigenvalue weighted by atomic mass is 16.5. The number of rotatable bonds is 4. The summed E-state index contributed by atoms with van der Waals surface area (Å²) >= 11 is 0. The van der Waals surface area contributed by atoms with E-state index in [2.05, 4.69) is 0 Å². The highest BCUT2D eigenvalue weighted by Crippen LogP contribution is 2.26. The molecular weight excluding hydrogens is 332 g/mol. The molecule has 0 aliphatic heterocycles. The van der Waals surface area contributed by atoms with Gasteiger partial charge in [0.05, 0.1) is 17.7 Å². The molecule has 1 aliphatic carbocycles. The van der Waals surface area contributed by atoms with Gasteiger partial charge < -0.3 is 14.7 Å². The molecule has 1 heterocycles. The van der Waals surface area contributed by atoms with Gasteiger partial charge in [-0.1, -0.05) is 18.2 Å². The lowest BCUT2D eigenvalue weighted by Crippen LogP contribution is -2.46. The molecule has 1 amide bonds. The first-order chi connectivity index (χ1) is 12.3. The van der Waals surface area contributed by atoms with Crippen LogP contribution >= 0.6 is 0 Å². The summed E-state index contributed by atoms with van der Waals surface area (Å²) in [6, 6.07) is 7.13. The molecule has 0 spiro atoms. The van der Waals surface area contributed by atoms with Crippen molar-refractivity contribution in [3.8, 4) is 0 Å². The molecule has 26 heavy (non-hydrogen) atoms. The number of hydrogen-bond acceptors (Lipinski definition) is 4. The lowest BCUT2D eigenvalue weighted by Gasteiger charge is -2.29. The van der Waals surface area contributed by atoms with E-state index in [0.717, 1.165) is 22.0 Å². The molecule has 0 saturated heterocycles. The molecule has 140 valence electrons. The van der Waals surface area contributed by atoms with E-state index < -0.39 is 6.10 Å². The zero-order valence-electron chi connectivity index (χ0n) is 15.7. The third-order valence-corrected chi connectivity index (χ3v) is 5.55. The number of carbonyl (C=O) groups excluding carboxylic acids is 1. The fourth-order valence-corrected chi connectivity index (χ4v) is 3.98. The first-order valence-corrected chi connectivity index (χ1v) is 8.91. The Morgan fingerprint density at radius 3 is 2.69 bits per heavy atom. The third kappa shape index (κ3) is 3.15. The summed E-state index contributed by atoms with van der Waals surface area (Å²) in [4.78, 5) is 27.0. The molecule has 1 fully saturated rings. The maximum Gasteiger partial charge on any atom is 0.251 e. The minimum atomic E-state index is -0.706. The summed E-state index contributed by atoms with van der Waals surface area (Å²) < 4.78 is 6.80. The van der Waals surface area contributed by atoms with Gasteiger partial charge in [0.25, 0.3) is 5.56 Å². The van der Waals surface area contributed by atoms with Gasteiger partial charge in [-0.15, -0.1) is 0 Å². The number of likely N-dealkylation sites (N-methyl/N-ethyl adjacent to an activating group) is 1. The predicted octanol–water partition coefficient (Wildman–Crippen LogP) is 1.62. The first-order valence-electron chi connectivity index (χ1n) is 8.91. The number of carbonyl (C=O) groups is 1. The molecule has 1 N–H and O–H groups in total. The summed E-state index contributed by atoms with van der Waals surface area (Å²) in [5.41, 5.74) is 2.47. The van der Waals surface area contributed by atoms with Crippen molar-refractivity contribution in [2.45, 2.75) is 51.5 Å².